The second kappa shape index (κ2) is 11.7. The van der Waals surface area contributed by atoms with Crippen LogP contribution in [0.3, 0.4) is 0 Å². The maximum Gasteiger partial charge on any atom is 0.311 e. The molecule has 33 heavy (non-hydrogen) atoms. The minimum atomic E-state index is -2.19. The van der Waals surface area contributed by atoms with Crippen LogP contribution in [-0.2, 0) is 8.23 Å². The summed E-state index contributed by atoms with van der Waals surface area (Å²) in [6.07, 6.45) is 29.0. The number of hydrogen-bond donors (Lipinski definition) is 0. The molecule has 2 nitrogen and oxygen atoms in total. The first-order valence-corrected chi connectivity index (χ1v) is 23.2. The Bertz CT molecular complexity index is 500. The van der Waals surface area contributed by atoms with Crippen LogP contribution in [0.4, 0.5) is 0 Å². The summed E-state index contributed by atoms with van der Waals surface area (Å²) in [5, 5.41) is 0. The van der Waals surface area contributed by atoms with Crippen LogP contribution in [0.25, 0.3) is 0 Å². The summed E-state index contributed by atoms with van der Waals surface area (Å²) < 4.78 is 15.3. The number of hydrogen-bond acceptors (Lipinski definition) is 2. The fourth-order valence-electron chi connectivity index (χ4n) is 8.78. The van der Waals surface area contributed by atoms with Crippen molar-refractivity contribution in [1.82, 2.24) is 0 Å². The normalized spacial score (nSPS) is 26.5. The van der Waals surface area contributed by atoms with E-state index in [0.29, 0.717) is 0 Å². The molecule has 0 heterocycles. The second-order valence-corrected chi connectivity index (χ2v) is 25.7. The summed E-state index contributed by atoms with van der Waals surface area (Å²) in [6, 6.07) is 0. The van der Waals surface area contributed by atoms with Crippen molar-refractivity contribution >= 4 is 25.2 Å². The summed E-state index contributed by atoms with van der Waals surface area (Å²) in [4.78, 5) is 0. The predicted molar refractivity (Wildman–Crippen MR) is 150 cm³/mol. The Morgan fingerprint density at radius 1 is 0.364 bits per heavy atom. The molecule has 0 unspecified atom stereocenters. The van der Waals surface area contributed by atoms with Gasteiger partial charge in [0.2, 0.25) is 0 Å². The molecule has 4 rings (SSSR count). The van der Waals surface area contributed by atoms with Crippen molar-refractivity contribution in [3.05, 3.63) is 0 Å². The van der Waals surface area contributed by atoms with Crippen LogP contribution in [0.5, 0.6) is 0 Å². The Labute approximate surface area is 209 Å². The van der Waals surface area contributed by atoms with Gasteiger partial charge in [-0.2, -0.15) is 0 Å². The van der Waals surface area contributed by atoms with Gasteiger partial charge in [-0.15, -0.1) is 0 Å². The van der Waals surface area contributed by atoms with E-state index in [-0.39, 0.29) is 0 Å². The van der Waals surface area contributed by atoms with Gasteiger partial charge < -0.3 is 8.23 Å². The van der Waals surface area contributed by atoms with Gasteiger partial charge in [0.1, 0.15) is 0 Å². The topological polar surface area (TPSA) is 18.5 Å². The molecule has 192 valence electrons. The zero-order valence-electron chi connectivity index (χ0n) is 22.8. The smallest absolute Gasteiger partial charge is 0.311 e. The van der Waals surface area contributed by atoms with Crippen molar-refractivity contribution in [2.45, 2.75) is 177 Å². The monoisotopic (exact) mass is 508 g/mol. The molecule has 5 heteroatoms. The van der Waals surface area contributed by atoms with Gasteiger partial charge >= 0.3 is 8.56 Å². The first-order valence-electron chi connectivity index (χ1n) is 15.2. The molecule has 0 N–H and O–H groups in total. The third-order valence-electron chi connectivity index (χ3n) is 10.6. The lowest BCUT2D eigenvalue weighted by atomic mass is 9.99. The minimum Gasteiger partial charge on any atom is -0.436 e. The van der Waals surface area contributed by atoms with Crippen molar-refractivity contribution in [1.29, 1.82) is 0 Å². The summed E-state index contributed by atoms with van der Waals surface area (Å²) in [5.74, 6) is 0. The summed E-state index contributed by atoms with van der Waals surface area (Å²) in [7, 11) is -5.83. The van der Waals surface area contributed by atoms with Crippen LogP contribution in [0, 0.1) is 0 Å². The van der Waals surface area contributed by atoms with Crippen LogP contribution in [0.2, 0.25) is 48.4 Å². The van der Waals surface area contributed by atoms with E-state index in [1.807, 2.05) is 0 Å². The Morgan fingerprint density at radius 2 is 0.576 bits per heavy atom. The Balaban J connectivity index is 1.56. The standard InChI is InChI=1S/C28H56O2Si3/c1-31(2,29-32(3,25-17-9-5-10-18-25)26-19-11-6-12-20-26)30-33(4,27-21-13-7-14-22-27)28-23-15-8-16-24-28/h25-28H,5-24H2,1-4H3. The van der Waals surface area contributed by atoms with Crippen molar-refractivity contribution in [2.24, 2.45) is 0 Å². The molecule has 0 bridgehead atoms. The molecule has 4 saturated carbocycles. The molecule has 0 spiro atoms. The van der Waals surface area contributed by atoms with Crippen LogP contribution in [0.1, 0.15) is 128 Å². The molecular formula is C28H56O2Si3. The van der Waals surface area contributed by atoms with E-state index < -0.39 is 25.2 Å². The zero-order valence-corrected chi connectivity index (χ0v) is 25.8. The van der Waals surface area contributed by atoms with Crippen LogP contribution >= 0.6 is 0 Å². The molecule has 0 saturated heterocycles. The van der Waals surface area contributed by atoms with Gasteiger partial charge in [0.05, 0.1) is 0 Å². The van der Waals surface area contributed by atoms with Crippen LogP contribution in [-0.4, -0.2) is 25.2 Å². The average Bonchev–Trinajstić information content (AvgIpc) is 2.85. The van der Waals surface area contributed by atoms with Gasteiger partial charge in [0.25, 0.3) is 0 Å². The predicted octanol–water partition coefficient (Wildman–Crippen LogP) is 10.2. The highest BCUT2D eigenvalue weighted by Gasteiger charge is 2.54. The lowest BCUT2D eigenvalue weighted by Gasteiger charge is -2.52. The second-order valence-electron chi connectivity index (χ2n) is 13.3. The molecule has 0 amide bonds. The van der Waals surface area contributed by atoms with Gasteiger partial charge in [0.15, 0.2) is 16.6 Å². The molecular weight excluding hydrogens is 453 g/mol. The SMILES string of the molecule is C[Si](C)(O[Si](C)(C1CCCCC1)C1CCCCC1)O[Si](C)(C1CCCCC1)C1CCCCC1. The number of rotatable bonds is 8. The fourth-order valence-corrected chi connectivity index (χ4v) is 28.0. The lowest BCUT2D eigenvalue weighted by Crippen LogP contribution is -2.60. The van der Waals surface area contributed by atoms with E-state index in [4.69, 9.17) is 8.23 Å². The fraction of sp³-hybridized carbons (Fsp3) is 1.00. The van der Waals surface area contributed by atoms with Crippen LogP contribution in [0.15, 0.2) is 0 Å². The first kappa shape index (κ1) is 26.6. The zero-order chi connectivity index (χ0) is 23.4. The third-order valence-corrected chi connectivity index (χ3v) is 26.8. The summed E-state index contributed by atoms with van der Waals surface area (Å²) in [6.45, 7) is 10.4. The Kier molecular flexibility index (Phi) is 9.48. The van der Waals surface area contributed by atoms with Crippen molar-refractivity contribution in [3.8, 4) is 0 Å². The molecule has 0 aromatic heterocycles. The van der Waals surface area contributed by atoms with Crippen molar-refractivity contribution in [3.63, 3.8) is 0 Å². The Morgan fingerprint density at radius 3 is 0.788 bits per heavy atom. The minimum absolute atomic E-state index is 0.891. The van der Waals surface area contributed by atoms with Gasteiger partial charge in [0, 0.05) is 0 Å². The highest BCUT2D eigenvalue weighted by molar-refractivity contribution is 6.90. The van der Waals surface area contributed by atoms with Gasteiger partial charge in [-0.05, 0) is 48.4 Å². The Hall–Kier alpha value is 0.571. The maximum absolute atomic E-state index is 7.67. The molecule has 4 fully saturated rings. The molecule has 4 aliphatic carbocycles. The van der Waals surface area contributed by atoms with Gasteiger partial charge in [-0.3, -0.25) is 0 Å². The van der Waals surface area contributed by atoms with E-state index in [0.717, 1.165) is 22.2 Å². The van der Waals surface area contributed by atoms with E-state index >= 15 is 0 Å². The lowest BCUT2D eigenvalue weighted by molar-refractivity contribution is 0.313. The largest absolute Gasteiger partial charge is 0.436 e. The quantitative estimate of drug-likeness (QED) is 0.303. The van der Waals surface area contributed by atoms with Gasteiger partial charge in [-0.25, -0.2) is 0 Å². The molecule has 0 aromatic carbocycles. The highest BCUT2D eigenvalue weighted by Crippen LogP contribution is 2.53. The molecule has 4 aliphatic rings. The van der Waals surface area contributed by atoms with E-state index in [2.05, 4.69) is 26.2 Å². The highest BCUT2D eigenvalue weighted by atomic mass is 28.5. The van der Waals surface area contributed by atoms with Gasteiger partial charge in [-0.1, -0.05) is 128 Å². The summed E-state index contributed by atoms with van der Waals surface area (Å²) >= 11 is 0. The van der Waals surface area contributed by atoms with E-state index in [9.17, 15) is 0 Å². The third kappa shape index (κ3) is 6.47. The molecule has 0 aromatic rings. The van der Waals surface area contributed by atoms with Crippen molar-refractivity contribution in [2.75, 3.05) is 0 Å². The van der Waals surface area contributed by atoms with E-state index in [1.165, 1.54) is 128 Å². The van der Waals surface area contributed by atoms with E-state index in [1.54, 1.807) is 0 Å². The summed E-state index contributed by atoms with van der Waals surface area (Å²) in [5.41, 5.74) is 3.56. The molecule has 0 radical (unpaired) electrons. The van der Waals surface area contributed by atoms with Crippen molar-refractivity contribution < 1.29 is 8.23 Å². The maximum atomic E-state index is 7.67. The molecule has 0 aliphatic heterocycles. The first-order chi connectivity index (χ1) is 15.8. The average molecular weight is 509 g/mol. The molecule has 0 atom stereocenters. The van der Waals surface area contributed by atoms with Crippen LogP contribution < -0.4 is 0 Å².